The molecule has 15 heavy (non-hydrogen) atoms. The van der Waals surface area contributed by atoms with E-state index in [0.29, 0.717) is 0 Å². The van der Waals surface area contributed by atoms with E-state index in [1.807, 2.05) is 48.5 Å². The van der Waals surface area contributed by atoms with Crippen molar-refractivity contribution in [3.63, 3.8) is 0 Å². The lowest BCUT2D eigenvalue weighted by Gasteiger charge is -2.08. The summed E-state index contributed by atoms with van der Waals surface area (Å²) >= 11 is 9.39. The fourth-order valence-electron chi connectivity index (χ4n) is 1.27. The zero-order valence-electron chi connectivity index (χ0n) is 7.87. The maximum Gasteiger partial charge on any atom is 0.0543 e. The zero-order chi connectivity index (χ0) is 10.7. The molecule has 2 rings (SSSR count). The Kier molecular flexibility index (Phi) is 3.29. The molecule has 0 aromatic heterocycles. The summed E-state index contributed by atoms with van der Waals surface area (Å²) in [6.45, 7) is 0. The highest BCUT2D eigenvalue weighted by Gasteiger charge is 2.00. The Bertz CT molecular complexity index is 456. The van der Waals surface area contributed by atoms with Gasteiger partial charge < -0.3 is 5.32 Å². The first-order chi connectivity index (χ1) is 7.25. The predicted molar refractivity (Wildman–Crippen MR) is 68.9 cm³/mol. The van der Waals surface area contributed by atoms with Crippen LogP contribution in [0.4, 0.5) is 11.4 Å². The van der Waals surface area contributed by atoms with E-state index in [4.69, 9.17) is 11.6 Å². The highest BCUT2D eigenvalue weighted by molar-refractivity contribution is 9.10. The number of hydrogen-bond donors (Lipinski definition) is 1. The third-order valence-electron chi connectivity index (χ3n) is 1.98. The van der Waals surface area contributed by atoms with E-state index in [2.05, 4.69) is 21.2 Å². The van der Waals surface area contributed by atoms with Crippen molar-refractivity contribution in [3.05, 3.63) is 58.0 Å². The summed E-state index contributed by atoms with van der Waals surface area (Å²) < 4.78 is 0.996. The number of rotatable bonds is 2. The summed E-state index contributed by atoms with van der Waals surface area (Å²) in [6, 6.07) is 15.6. The molecular weight excluding hydrogens is 273 g/mol. The van der Waals surface area contributed by atoms with Gasteiger partial charge in [0.2, 0.25) is 0 Å². The highest BCUT2D eigenvalue weighted by atomic mass is 79.9. The van der Waals surface area contributed by atoms with Crippen molar-refractivity contribution in [2.24, 2.45) is 0 Å². The summed E-state index contributed by atoms with van der Waals surface area (Å²) in [4.78, 5) is 0. The highest BCUT2D eigenvalue weighted by Crippen LogP contribution is 2.28. The van der Waals surface area contributed by atoms with Crippen LogP contribution in [0.5, 0.6) is 0 Å². The maximum absolute atomic E-state index is 5.92. The average molecular weight is 283 g/mol. The Hall–Kier alpha value is -0.990. The van der Waals surface area contributed by atoms with Gasteiger partial charge in [-0.05, 0) is 46.3 Å². The van der Waals surface area contributed by atoms with Gasteiger partial charge in [-0.2, -0.15) is 0 Å². The molecule has 1 N–H and O–H groups in total. The van der Waals surface area contributed by atoms with Gasteiger partial charge in [-0.3, -0.25) is 0 Å². The molecule has 3 heteroatoms. The molecule has 0 atom stereocenters. The van der Waals surface area contributed by atoms with Crippen molar-refractivity contribution in [2.45, 2.75) is 0 Å². The van der Waals surface area contributed by atoms with Crippen LogP contribution in [0.15, 0.2) is 53.0 Å². The van der Waals surface area contributed by atoms with Crippen molar-refractivity contribution in [1.82, 2.24) is 0 Å². The first-order valence-electron chi connectivity index (χ1n) is 4.53. The van der Waals surface area contributed by atoms with Crippen molar-refractivity contribution >= 4 is 38.9 Å². The van der Waals surface area contributed by atoms with Crippen molar-refractivity contribution < 1.29 is 0 Å². The summed E-state index contributed by atoms with van der Waals surface area (Å²) in [5.74, 6) is 0. The van der Waals surface area contributed by atoms with E-state index in [9.17, 15) is 0 Å². The molecule has 76 valence electrons. The van der Waals surface area contributed by atoms with Gasteiger partial charge in [0.05, 0.1) is 5.69 Å². The Morgan fingerprint density at radius 2 is 1.73 bits per heavy atom. The molecular formula is C12H9BrClN. The molecule has 0 fully saturated rings. The quantitative estimate of drug-likeness (QED) is 0.830. The molecule has 0 amide bonds. The number of nitrogens with one attached hydrogen (secondary N) is 1. The number of benzene rings is 2. The normalized spacial score (nSPS) is 10.0. The minimum absolute atomic E-state index is 0.719. The minimum Gasteiger partial charge on any atom is -0.355 e. The van der Waals surface area contributed by atoms with Gasteiger partial charge in [0.1, 0.15) is 0 Å². The molecule has 0 heterocycles. The van der Waals surface area contributed by atoms with E-state index >= 15 is 0 Å². The molecule has 0 unspecified atom stereocenters. The number of halogens is 2. The van der Waals surface area contributed by atoms with Crippen molar-refractivity contribution in [3.8, 4) is 0 Å². The molecule has 0 aliphatic heterocycles. The number of anilines is 2. The Balaban J connectivity index is 2.28. The molecule has 2 aromatic rings. The smallest absolute Gasteiger partial charge is 0.0543 e. The molecule has 0 saturated carbocycles. The monoisotopic (exact) mass is 281 g/mol. The van der Waals surface area contributed by atoms with E-state index < -0.39 is 0 Å². The van der Waals surface area contributed by atoms with Crippen molar-refractivity contribution in [1.29, 1.82) is 0 Å². The molecule has 0 bridgehead atoms. The molecule has 0 aliphatic rings. The number of para-hydroxylation sites is 1. The second-order valence-corrected chi connectivity index (χ2v) is 4.41. The fraction of sp³-hybridized carbons (Fsp3) is 0. The van der Waals surface area contributed by atoms with Gasteiger partial charge >= 0.3 is 0 Å². The second kappa shape index (κ2) is 4.69. The van der Waals surface area contributed by atoms with Gasteiger partial charge in [-0.15, -0.1) is 0 Å². The van der Waals surface area contributed by atoms with Crippen LogP contribution in [0, 0.1) is 0 Å². The Morgan fingerprint density at radius 3 is 2.47 bits per heavy atom. The van der Waals surface area contributed by atoms with Crippen LogP contribution >= 0.6 is 27.5 Å². The summed E-state index contributed by atoms with van der Waals surface area (Å²) in [6.07, 6.45) is 0. The Morgan fingerprint density at radius 1 is 1.00 bits per heavy atom. The largest absolute Gasteiger partial charge is 0.355 e. The van der Waals surface area contributed by atoms with E-state index in [1.54, 1.807) is 0 Å². The molecule has 0 spiro atoms. The van der Waals surface area contributed by atoms with Crippen LogP contribution in [0.1, 0.15) is 0 Å². The molecule has 2 aromatic carbocycles. The van der Waals surface area contributed by atoms with Gasteiger partial charge in [-0.1, -0.05) is 29.8 Å². The average Bonchev–Trinajstić information content (AvgIpc) is 2.25. The first kappa shape index (κ1) is 10.5. The summed E-state index contributed by atoms with van der Waals surface area (Å²) in [5.41, 5.74) is 2.01. The predicted octanol–water partition coefficient (Wildman–Crippen LogP) is 4.85. The minimum atomic E-state index is 0.719. The Labute approximate surface area is 102 Å². The second-order valence-electron chi connectivity index (χ2n) is 3.12. The third-order valence-corrected chi connectivity index (χ3v) is 2.91. The lowest BCUT2D eigenvalue weighted by atomic mass is 10.3. The lowest BCUT2D eigenvalue weighted by Crippen LogP contribution is -1.90. The van der Waals surface area contributed by atoms with Gasteiger partial charge in [-0.25, -0.2) is 0 Å². The molecule has 0 aliphatic carbocycles. The lowest BCUT2D eigenvalue weighted by molar-refractivity contribution is 1.52. The van der Waals surface area contributed by atoms with Crippen LogP contribution < -0.4 is 5.32 Å². The SMILES string of the molecule is Clc1ccc(Br)c(Nc2ccccc2)c1. The van der Waals surface area contributed by atoms with E-state index in [-0.39, 0.29) is 0 Å². The molecule has 0 saturated heterocycles. The van der Waals surface area contributed by atoms with E-state index in [0.717, 1.165) is 20.9 Å². The van der Waals surface area contributed by atoms with Crippen LogP contribution in [0.3, 0.4) is 0 Å². The maximum atomic E-state index is 5.92. The van der Waals surface area contributed by atoms with Gasteiger partial charge in [0, 0.05) is 15.2 Å². The first-order valence-corrected chi connectivity index (χ1v) is 5.70. The zero-order valence-corrected chi connectivity index (χ0v) is 10.2. The van der Waals surface area contributed by atoms with Crippen LogP contribution in [0.2, 0.25) is 5.02 Å². The molecule has 1 nitrogen and oxygen atoms in total. The number of hydrogen-bond acceptors (Lipinski definition) is 1. The third kappa shape index (κ3) is 2.74. The van der Waals surface area contributed by atoms with Crippen molar-refractivity contribution in [2.75, 3.05) is 5.32 Å². The van der Waals surface area contributed by atoms with Gasteiger partial charge in [0.15, 0.2) is 0 Å². The topological polar surface area (TPSA) is 12.0 Å². The van der Waals surface area contributed by atoms with Gasteiger partial charge in [0.25, 0.3) is 0 Å². The van der Waals surface area contributed by atoms with Crippen LogP contribution in [0.25, 0.3) is 0 Å². The van der Waals surface area contributed by atoms with E-state index in [1.165, 1.54) is 0 Å². The van der Waals surface area contributed by atoms with Crippen LogP contribution in [-0.2, 0) is 0 Å². The van der Waals surface area contributed by atoms with Crippen LogP contribution in [-0.4, -0.2) is 0 Å². The summed E-state index contributed by atoms with van der Waals surface area (Å²) in [7, 11) is 0. The molecule has 0 radical (unpaired) electrons. The summed E-state index contributed by atoms with van der Waals surface area (Å²) in [5, 5.41) is 4.00. The fourth-order valence-corrected chi connectivity index (χ4v) is 1.79. The standard InChI is InChI=1S/C12H9BrClN/c13-11-7-6-9(14)8-12(11)15-10-4-2-1-3-5-10/h1-8,15H.